The Labute approximate surface area is 76.9 Å². The average molecular weight is 212 g/mol. The number of hydrogen-bond acceptors (Lipinski definition) is 3. The zero-order valence-electron chi connectivity index (χ0n) is 6.56. The molecule has 0 amide bonds. The van der Waals surface area contributed by atoms with E-state index in [0.29, 0.717) is 5.75 Å². The molecule has 0 aliphatic carbocycles. The zero-order chi connectivity index (χ0) is 10.1. The second-order valence-corrected chi connectivity index (χ2v) is 3.86. The van der Waals surface area contributed by atoms with E-state index in [2.05, 4.69) is 0 Å². The lowest BCUT2D eigenvalue weighted by Gasteiger charge is -2.19. The highest BCUT2D eigenvalue weighted by molar-refractivity contribution is 7.99. The first-order valence-electron chi connectivity index (χ1n) is 3.64. The number of carbonyl (C=O) groups excluding carboxylic acids is 2. The molecule has 6 heteroatoms. The molecule has 0 bridgehead atoms. The Kier molecular flexibility index (Phi) is 3.00. The molecule has 1 fully saturated rings. The Morgan fingerprint density at radius 3 is 2.54 bits per heavy atom. The molecule has 0 N–H and O–H groups in total. The number of hydrogen-bond donors (Lipinski definition) is 0. The molecule has 1 unspecified atom stereocenters. The van der Waals surface area contributed by atoms with E-state index in [0.717, 1.165) is 0 Å². The van der Waals surface area contributed by atoms with Gasteiger partial charge in [-0.15, -0.1) is 0 Å². The van der Waals surface area contributed by atoms with Gasteiger partial charge >= 0.3 is 6.18 Å². The molecular formula is C7H7F3O2S. The molecule has 0 aromatic carbocycles. The summed E-state index contributed by atoms with van der Waals surface area (Å²) >= 11 is 1.21. The van der Waals surface area contributed by atoms with Crippen molar-refractivity contribution in [2.45, 2.75) is 12.6 Å². The van der Waals surface area contributed by atoms with Crippen molar-refractivity contribution in [3.8, 4) is 0 Å². The van der Waals surface area contributed by atoms with Crippen molar-refractivity contribution in [2.75, 3.05) is 11.5 Å². The topological polar surface area (TPSA) is 34.1 Å². The smallest absolute Gasteiger partial charge is 0.299 e. The molecule has 0 saturated carbocycles. The van der Waals surface area contributed by atoms with Crippen molar-refractivity contribution in [2.24, 2.45) is 5.92 Å². The van der Waals surface area contributed by atoms with E-state index in [9.17, 15) is 22.8 Å². The standard InChI is InChI=1S/C7H7F3O2S/c8-7(9,10)6(12)4-3-13-2-1-5(4)11/h4H,1-3H2. The van der Waals surface area contributed by atoms with E-state index in [1.165, 1.54) is 11.8 Å². The summed E-state index contributed by atoms with van der Waals surface area (Å²) in [6.07, 6.45) is -4.81. The third-order valence-electron chi connectivity index (χ3n) is 1.76. The van der Waals surface area contributed by atoms with Crippen LogP contribution in [0.3, 0.4) is 0 Å². The summed E-state index contributed by atoms with van der Waals surface area (Å²) in [5, 5.41) is 0. The van der Waals surface area contributed by atoms with Gasteiger partial charge in [0.2, 0.25) is 5.78 Å². The molecule has 0 radical (unpaired) electrons. The van der Waals surface area contributed by atoms with Gasteiger partial charge in [0, 0.05) is 17.9 Å². The Balaban J connectivity index is 2.70. The number of Topliss-reactive ketones (excluding diaryl/α,β-unsaturated/α-hetero) is 2. The summed E-state index contributed by atoms with van der Waals surface area (Å²) in [5.41, 5.74) is 0. The number of rotatable bonds is 1. The third kappa shape index (κ3) is 2.46. The number of thioether (sulfide) groups is 1. The highest BCUT2D eigenvalue weighted by Gasteiger charge is 2.46. The van der Waals surface area contributed by atoms with E-state index in [-0.39, 0.29) is 12.2 Å². The zero-order valence-corrected chi connectivity index (χ0v) is 7.37. The lowest BCUT2D eigenvalue weighted by Crippen LogP contribution is -2.38. The molecule has 1 rings (SSSR count). The molecule has 1 saturated heterocycles. The number of carbonyl (C=O) groups is 2. The molecule has 1 heterocycles. The van der Waals surface area contributed by atoms with Gasteiger partial charge < -0.3 is 0 Å². The van der Waals surface area contributed by atoms with Gasteiger partial charge in [-0.05, 0) is 0 Å². The van der Waals surface area contributed by atoms with Crippen LogP contribution < -0.4 is 0 Å². The predicted molar refractivity (Wildman–Crippen MR) is 41.5 cm³/mol. The summed E-state index contributed by atoms with van der Waals surface area (Å²) < 4.78 is 35.7. The molecule has 13 heavy (non-hydrogen) atoms. The lowest BCUT2D eigenvalue weighted by atomic mass is 9.98. The Bertz CT molecular complexity index is 236. The Hall–Kier alpha value is -0.520. The van der Waals surface area contributed by atoms with Gasteiger partial charge in [0.05, 0.1) is 5.92 Å². The van der Waals surface area contributed by atoms with Crippen molar-refractivity contribution in [1.82, 2.24) is 0 Å². The van der Waals surface area contributed by atoms with Crippen LogP contribution >= 0.6 is 11.8 Å². The third-order valence-corrected chi connectivity index (χ3v) is 2.82. The molecule has 0 spiro atoms. The highest BCUT2D eigenvalue weighted by Crippen LogP contribution is 2.27. The minimum Gasteiger partial charge on any atom is -0.299 e. The number of alkyl halides is 3. The van der Waals surface area contributed by atoms with Gasteiger partial charge in [0.15, 0.2) is 0 Å². The molecular weight excluding hydrogens is 205 g/mol. The van der Waals surface area contributed by atoms with E-state index in [4.69, 9.17) is 0 Å². The maximum absolute atomic E-state index is 11.9. The fourth-order valence-corrected chi connectivity index (χ4v) is 2.15. The molecule has 0 aromatic heterocycles. The monoisotopic (exact) mass is 212 g/mol. The van der Waals surface area contributed by atoms with Crippen LogP contribution in [0, 0.1) is 5.92 Å². The summed E-state index contributed by atoms with van der Waals surface area (Å²) in [7, 11) is 0. The van der Waals surface area contributed by atoms with Crippen LogP contribution in [0.15, 0.2) is 0 Å². The maximum atomic E-state index is 11.9. The van der Waals surface area contributed by atoms with Crippen molar-refractivity contribution in [3.05, 3.63) is 0 Å². The first-order chi connectivity index (χ1) is 5.93. The molecule has 0 aromatic rings. The van der Waals surface area contributed by atoms with Gasteiger partial charge in [-0.1, -0.05) is 0 Å². The van der Waals surface area contributed by atoms with E-state index in [1.54, 1.807) is 0 Å². The van der Waals surface area contributed by atoms with Gasteiger partial charge in [0.1, 0.15) is 5.78 Å². The van der Waals surface area contributed by atoms with Crippen LogP contribution in [0.4, 0.5) is 13.2 Å². The summed E-state index contributed by atoms with van der Waals surface area (Å²) in [4.78, 5) is 21.6. The summed E-state index contributed by atoms with van der Waals surface area (Å²) in [5.74, 6) is -3.46. The van der Waals surface area contributed by atoms with E-state index < -0.39 is 23.7 Å². The van der Waals surface area contributed by atoms with Crippen LogP contribution in [0.1, 0.15) is 6.42 Å². The van der Waals surface area contributed by atoms with E-state index in [1.807, 2.05) is 0 Å². The van der Waals surface area contributed by atoms with Crippen LogP contribution in [0.25, 0.3) is 0 Å². The van der Waals surface area contributed by atoms with Crippen molar-refractivity contribution < 1.29 is 22.8 Å². The largest absolute Gasteiger partial charge is 0.450 e. The summed E-state index contributed by atoms with van der Waals surface area (Å²) in [6.45, 7) is 0. The second-order valence-electron chi connectivity index (χ2n) is 2.71. The molecule has 74 valence electrons. The van der Waals surface area contributed by atoms with E-state index >= 15 is 0 Å². The normalized spacial score (nSPS) is 24.5. The minimum absolute atomic E-state index is 0.0306. The minimum atomic E-state index is -4.88. The highest BCUT2D eigenvalue weighted by atomic mass is 32.2. The molecule has 1 aliphatic heterocycles. The van der Waals surface area contributed by atoms with Crippen LogP contribution in [0.2, 0.25) is 0 Å². The van der Waals surface area contributed by atoms with Crippen LogP contribution in [0.5, 0.6) is 0 Å². The fourth-order valence-electron chi connectivity index (χ4n) is 1.06. The Morgan fingerprint density at radius 2 is 2.08 bits per heavy atom. The lowest BCUT2D eigenvalue weighted by molar-refractivity contribution is -0.176. The average Bonchev–Trinajstić information content (AvgIpc) is 2.02. The number of halogens is 3. The van der Waals surface area contributed by atoms with Crippen molar-refractivity contribution >= 4 is 23.3 Å². The van der Waals surface area contributed by atoms with Gasteiger partial charge in [-0.25, -0.2) is 0 Å². The van der Waals surface area contributed by atoms with Crippen LogP contribution in [-0.4, -0.2) is 29.2 Å². The second kappa shape index (κ2) is 3.69. The molecule has 2 nitrogen and oxygen atoms in total. The van der Waals surface area contributed by atoms with Gasteiger partial charge in [-0.2, -0.15) is 24.9 Å². The maximum Gasteiger partial charge on any atom is 0.450 e. The summed E-state index contributed by atoms with van der Waals surface area (Å²) in [6, 6.07) is 0. The first kappa shape index (κ1) is 10.6. The molecule has 1 atom stereocenters. The fraction of sp³-hybridized carbons (Fsp3) is 0.714. The van der Waals surface area contributed by atoms with Gasteiger partial charge in [-0.3, -0.25) is 9.59 Å². The van der Waals surface area contributed by atoms with Gasteiger partial charge in [0.25, 0.3) is 0 Å². The van der Waals surface area contributed by atoms with Crippen LogP contribution in [-0.2, 0) is 9.59 Å². The Morgan fingerprint density at radius 1 is 1.46 bits per heavy atom. The first-order valence-corrected chi connectivity index (χ1v) is 4.80. The van der Waals surface area contributed by atoms with Crippen molar-refractivity contribution in [1.29, 1.82) is 0 Å². The number of ketones is 2. The predicted octanol–water partition coefficient (Wildman–Crippen LogP) is 1.44. The quantitative estimate of drug-likeness (QED) is 0.617. The van der Waals surface area contributed by atoms with Crippen molar-refractivity contribution in [3.63, 3.8) is 0 Å². The molecule has 1 aliphatic rings. The SMILES string of the molecule is O=C1CCSCC1C(=O)C(F)(F)F.